The van der Waals surface area contributed by atoms with Crippen molar-refractivity contribution in [1.82, 2.24) is 0 Å². The summed E-state index contributed by atoms with van der Waals surface area (Å²) in [6, 6.07) is 0. The molecule has 0 nitrogen and oxygen atoms in total. The van der Waals surface area contributed by atoms with Gasteiger partial charge in [-0.3, -0.25) is 0 Å². The summed E-state index contributed by atoms with van der Waals surface area (Å²) in [5.74, 6) is 2.13. The third kappa shape index (κ3) is 1.78. The molecular formula is C18H32. The van der Waals surface area contributed by atoms with Crippen molar-refractivity contribution in [3.8, 4) is 0 Å². The maximum absolute atomic E-state index is 2.58. The molecule has 0 aliphatic heterocycles. The van der Waals surface area contributed by atoms with E-state index in [9.17, 15) is 0 Å². The Labute approximate surface area is 114 Å². The molecule has 0 aromatic carbocycles. The third-order valence-corrected chi connectivity index (χ3v) is 7.04. The fourth-order valence-electron chi connectivity index (χ4n) is 6.09. The SMILES string of the molecule is CCCC12CC13CCCCCCCC3CCC2C. The molecule has 0 radical (unpaired) electrons. The van der Waals surface area contributed by atoms with E-state index in [0.29, 0.717) is 0 Å². The minimum Gasteiger partial charge on any atom is -0.0654 e. The van der Waals surface area contributed by atoms with Gasteiger partial charge in [0, 0.05) is 0 Å². The van der Waals surface area contributed by atoms with Gasteiger partial charge in [-0.25, -0.2) is 0 Å². The van der Waals surface area contributed by atoms with Crippen LogP contribution in [0, 0.1) is 22.7 Å². The molecule has 0 aromatic rings. The molecule has 0 saturated heterocycles. The predicted molar refractivity (Wildman–Crippen MR) is 78.6 cm³/mol. The third-order valence-electron chi connectivity index (χ3n) is 7.04. The molecule has 0 heteroatoms. The van der Waals surface area contributed by atoms with Crippen LogP contribution >= 0.6 is 0 Å². The second-order valence-corrected chi connectivity index (χ2v) is 7.72. The molecule has 4 unspecified atom stereocenters. The van der Waals surface area contributed by atoms with Gasteiger partial charge in [0.1, 0.15) is 0 Å². The van der Waals surface area contributed by atoms with Gasteiger partial charge in [0.2, 0.25) is 0 Å². The molecule has 3 fully saturated rings. The average Bonchev–Trinajstić information content (AvgIpc) is 2.99. The zero-order valence-corrected chi connectivity index (χ0v) is 12.6. The van der Waals surface area contributed by atoms with Crippen LogP contribution in [0.5, 0.6) is 0 Å². The Balaban J connectivity index is 1.83. The van der Waals surface area contributed by atoms with Crippen LogP contribution in [0.1, 0.15) is 90.9 Å². The lowest BCUT2D eigenvalue weighted by atomic mass is 9.63. The lowest BCUT2D eigenvalue weighted by Crippen LogP contribution is -2.33. The van der Waals surface area contributed by atoms with E-state index in [1.54, 1.807) is 25.7 Å². The van der Waals surface area contributed by atoms with E-state index in [0.717, 1.165) is 22.7 Å². The van der Waals surface area contributed by atoms with Crippen LogP contribution < -0.4 is 0 Å². The first-order valence-corrected chi connectivity index (χ1v) is 8.75. The van der Waals surface area contributed by atoms with E-state index in [4.69, 9.17) is 0 Å². The normalized spacial score (nSPS) is 48.3. The first kappa shape index (κ1) is 13.0. The smallest absolute Gasteiger partial charge is 0.0204 e. The molecule has 3 aliphatic carbocycles. The first-order valence-electron chi connectivity index (χ1n) is 8.75. The van der Waals surface area contributed by atoms with Gasteiger partial charge >= 0.3 is 0 Å². The van der Waals surface area contributed by atoms with Crippen LogP contribution in [-0.2, 0) is 0 Å². The molecule has 0 heterocycles. The molecule has 0 aromatic heterocycles. The van der Waals surface area contributed by atoms with Crippen molar-refractivity contribution in [2.75, 3.05) is 0 Å². The Morgan fingerprint density at radius 1 is 0.944 bits per heavy atom. The summed E-state index contributed by atoms with van der Waals surface area (Å²) >= 11 is 0. The maximum atomic E-state index is 2.58. The summed E-state index contributed by atoms with van der Waals surface area (Å²) in [4.78, 5) is 0. The average molecular weight is 248 g/mol. The van der Waals surface area contributed by atoms with Crippen molar-refractivity contribution in [2.45, 2.75) is 90.9 Å². The van der Waals surface area contributed by atoms with Gasteiger partial charge in [-0.15, -0.1) is 0 Å². The van der Waals surface area contributed by atoms with E-state index < -0.39 is 0 Å². The maximum Gasteiger partial charge on any atom is -0.0204 e. The van der Waals surface area contributed by atoms with Crippen molar-refractivity contribution >= 4 is 0 Å². The molecule has 0 amide bonds. The van der Waals surface area contributed by atoms with Crippen molar-refractivity contribution in [2.24, 2.45) is 22.7 Å². The van der Waals surface area contributed by atoms with Crippen LogP contribution in [0.2, 0.25) is 0 Å². The zero-order valence-electron chi connectivity index (χ0n) is 12.6. The summed E-state index contributed by atoms with van der Waals surface area (Å²) in [6.07, 6.45) is 18.4. The van der Waals surface area contributed by atoms with Gasteiger partial charge in [-0.05, 0) is 61.2 Å². The summed E-state index contributed by atoms with van der Waals surface area (Å²) in [5.41, 5.74) is 1.63. The number of rotatable bonds is 2. The summed E-state index contributed by atoms with van der Waals surface area (Å²) in [5, 5.41) is 0. The Morgan fingerprint density at radius 2 is 1.72 bits per heavy atom. The Morgan fingerprint density at radius 3 is 2.56 bits per heavy atom. The summed E-state index contributed by atoms with van der Waals surface area (Å²) in [7, 11) is 0. The molecule has 104 valence electrons. The van der Waals surface area contributed by atoms with Gasteiger partial charge in [0.25, 0.3) is 0 Å². The van der Waals surface area contributed by atoms with Crippen molar-refractivity contribution in [3.63, 3.8) is 0 Å². The quantitative estimate of drug-likeness (QED) is 0.566. The van der Waals surface area contributed by atoms with Crippen LogP contribution in [0.25, 0.3) is 0 Å². The van der Waals surface area contributed by atoms with Crippen molar-refractivity contribution in [3.05, 3.63) is 0 Å². The Hall–Kier alpha value is 0. The lowest BCUT2D eigenvalue weighted by molar-refractivity contribution is 0.0765. The Kier molecular flexibility index (Phi) is 3.49. The fourth-order valence-corrected chi connectivity index (χ4v) is 6.09. The summed E-state index contributed by atoms with van der Waals surface area (Å²) in [6.45, 7) is 4.99. The van der Waals surface area contributed by atoms with E-state index in [-0.39, 0.29) is 0 Å². The van der Waals surface area contributed by atoms with Gasteiger partial charge in [0.05, 0.1) is 0 Å². The van der Waals surface area contributed by atoms with Crippen LogP contribution in [0.3, 0.4) is 0 Å². The van der Waals surface area contributed by atoms with Crippen molar-refractivity contribution < 1.29 is 0 Å². The molecule has 3 saturated carbocycles. The molecular weight excluding hydrogens is 216 g/mol. The van der Waals surface area contributed by atoms with Gasteiger partial charge in [0.15, 0.2) is 0 Å². The van der Waals surface area contributed by atoms with Gasteiger partial charge < -0.3 is 0 Å². The van der Waals surface area contributed by atoms with E-state index in [1.165, 1.54) is 51.4 Å². The minimum atomic E-state index is 0.801. The molecule has 4 atom stereocenters. The molecule has 18 heavy (non-hydrogen) atoms. The van der Waals surface area contributed by atoms with Crippen LogP contribution in [-0.4, -0.2) is 0 Å². The van der Waals surface area contributed by atoms with Gasteiger partial charge in [-0.1, -0.05) is 52.4 Å². The lowest BCUT2D eigenvalue weighted by Gasteiger charge is -2.42. The largest absolute Gasteiger partial charge is 0.0654 e. The second kappa shape index (κ2) is 4.84. The highest BCUT2D eigenvalue weighted by Crippen LogP contribution is 2.79. The van der Waals surface area contributed by atoms with E-state index in [1.807, 2.05) is 0 Å². The predicted octanol–water partition coefficient (Wildman–Crippen LogP) is 5.95. The molecule has 0 bridgehead atoms. The number of hydrogen-bond acceptors (Lipinski definition) is 0. The standard InChI is InChI=1S/C18H32/c1-3-12-17-14-18(17)13-8-6-4-5-7-9-16(18)11-10-15(17)2/h15-16H,3-14H2,1-2H3. The zero-order chi connectivity index (χ0) is 12.6. The first-order chi connectivity index (χ1) is 8.75. The highest BCUT2D eigenvalue weighted by Gasteiger charge is 2.71. The van der Waals surface area contributed by atoms with Crippen molar-refractivity contribution in [1.29, 1.82) is 0 Å². The van der Waals surface area contributed by atoms with Gasteiger partial charge in [-0.2, -0.15) is 0 Å². The molecule has 1 spiro atoms. The molecule has 0 N–H and O–H groups in total. The Bertz CT molecular complexity index is 294. The minimum absolute atomic E-state index is 0.801. The molecule has 3 aliphatic rings. The number of hydrogen-bond donors (Lipinski definition) is 0. The monoisotopic (exact) mass is 248 g/mol. The van der Waals surface area contributed by atoms with Crippen LogP contribution in [0.4, 0.5) is 0 Å². The highest BCUT2D eigenvalue weighted by molar-refractivity contribution is 5.20. The topological polar surface area (TPSA) is 0 Å². The fraction of sp³-hybridized carbons (Fsp3) is 1.00. The van der Waals surface area contributed by atoms with E-state index in [2.05, 4.69) is 13.8 Å². The summed E-state index contributed by atoms with van der Waals surface area (Å²) < 4.78 is 0. The molecule has 3 rings (SSSR count). The van der Waals surface area contributed by atoms with E-state index >= 15 is 0 Å². The second-order valence-electron chi connectivity index (χ2n) is 7.72. The van der Waals surface area contributed by atoms with Crippen LogP contribution in [0.15, 0.2) is 0 Å². The highest BCUT2D eigenvalue weighted by atomic mass is 14.8.